The topological polar surface area (TPSA) is 59.6 Å². The Hall–Kier alpha value is -2.44. The molecule has 6 heteroatoms. The minimum absolute atomic E-state index is 0.239. The van der Waals surface area contributed by atoms with Crippen LogP contribution in [0.5, 0.6) is 5.75 Å². The van der Waals surface area contributed by atoms with Crippen LogP contribution in [0.3, 0.4) is 0 Å². The number of anilines is 1. The van der Waals surface area contributed by atoms with Crippen molar-refractivity contribution >= 4 is 28.9 Å². The SMILES string of the molecule is COCCOc1ccc(NC(=S)NC(=O)c2ccc(C(C)C)cc2)cc1. The quantitative estimate of drug-likeness (QED) is 0.569. The van der Waals surface area contributed by atoms with Crippen LogP contribution in [-0.4, -0.2) is 31.3 Å². The van der Waals surface area contributed by atoms with E-state index in [1.807, 2.05) is 36.4 Å². The maximum atomic E-state index is 12.3. The van der Waals surface area contributed by atoms with E-state index in [-0.39, 0.29) is 11.0 Å². The first-order chi connectivity index (χ1) is 12.5. The van der Waals surface area contributed by atoms with Crippen molar-refractivity contribution in [3.8, 4) is 5.75 Å². The van der Waals surface area contributed by atoms with E-state index in [4.69, 9.17) is 21.7 Å². The highest BCUT2D eigenvalue weighted by atomic mass is 32.1. The Morgan fingerprint density at radius 3 is 2.27 bits per heavy atom. The number of thiocarbonyl (C=S) groups is 1. The van der Waals surface area contributed by atoms with Gasteiger partial charge in [0.05, 0.1) is 6.61 Å². The minimum atomic E-state index is -0.239. The average molecular weight is 372 g/mol. The Morgan fingerprint density at radius 2 is 1.69 bits per heavy atom. The van der Waals surface area contributed by atoms with E-state index in [1.54, 1.807) is 19.2 Å². The summed E-state index contributed by atoms with van der Waals surface area (Å²) in [4.78, 5) is 12.3. The monoisotopic (exact) mass is 372 g/mol. The molecule has 0 radical (unpaired) electrons. The third kappa shape index (κ3) is 6.13. The number of hydrogen-bond donors (Lipinski definition) is 2. The Bertz CT molecular complexity index is 728. The number of hydrogen-bond acceptors (Lipinski definition) is 4. The van der Waals surface area contributed by atoms with Crippen LogP contribution in [-0.2, 0) is 4.74 Å². The molecule has 5 nitrogen and oxygen atoms in total. The van der Waals surface area contributed by atoms with E-state index < -0.39 is 0 Å². The van der Waals surface area contributed by atoms with Gasteiger partial charge in [-0.1, -0.05) is 26.0 Å². The van der Waals surface area contributed by atoms with Crippen molar-refractivity contribution in [2.24, 2.45) is 0 Å². The van der Waals surface area contributed by atoms with Gasteiger partial charge in [0.15, 0.2) is 5.11 Å². The number of carbonyl (C=O) groups is 1. The first-order valence-electron chi connectivity index (χ1n) is 8.43. The predicted octanol–water partition coefficient (Wildman–Crippen LogP) is 3.96. The fourth-order valence-electron chi connectivity index (χ4n) is 2.23. The van der Waals surface area contributed by atoms with E-state index in [0.717, 1.165) is 11.4 Å². The molecule has 0 unspecified atom stereocenters. The second-order valence-electron chi connectivity index (χ2n) is 6.05. The predicted molar refractivity (Wildman–Crippen MR) is 108 cm³/mol. The molecule has 0 saturated carbocycles. The van der Waals surface area contributed by atoms with Gasteiger partial charge in [-0.05, 0) is 60.1 Å². The molecule has 138 valence electrons. The summed E-state index contributed by atoms with van der Waals surface area (Å²) in [6.07, 6.45) is 0. The van der Waals surface area contributed by atoms with Crippen molar-refractivity contribution in [1.29, 1.82) is 0 Å². The molecular weight excluding hydrogens is 348 g/mol. The van der Waals surface area contributed by atoms with Crippen LogP contribution in [0.15, 0.2) is 48.5 Å². The maximum Gasteiger partial charge on any atom is 0.257 e. The van der Waals surface area contributed by atoms with Crippen molar-refractivity contribution in [3.05, 3.63) is 59.7 Å². The fourth-order valence-corrected chi connectivity index (χ4v) is 2.44. The van der Waals surface area contributed by atoms with E-state index in [0.29, 0.717) is 24.7 Å². The summed E-state index contributed by atoms with van der Waals surface area (Å²) >= 11 is 5.21. The summed E-state index contributed by atoms with van der Waals surface area (Å²) in [5.74, 6) is 0.932. The van der Waals surface area contributed by atoms with Gasteiger partial charge < -0.3 is 14.8 Å². The van der Waals surface area contributed by atoms with E-state index in [2.05, 4.69) is 24.5 Å². The van der Waals surface area contributed by atoms with Crippen molar-refractivity contribution in [2.75, 3.05) is 25.6 Å². The number of methoxy groups -OCH3 is 1. The maximum absolute atomic E-state index is 12.3. The third-order valence-corrected chi connectivity index (χ3v) is 3.94. The summed E-state index contributed by atoms with van der Waals surface area (Å²) < 4.78 is 10.4. The molecule has 26 heavy (non-hydrogen) atoms. The molecule has 0 bridgehead atoms. The van der Waals surface area contributed by atoms with Gasteiger partial charge in [0.25, 0.3) is 5.91 Å². The first-order valence-corrected chi connectivity index (χ1v) is 8.84. The molecule has 0 aliphatic heterocycles. The van der Waals surface area contributed by atoms with Crippen LogP contribution in [0.4, 0.5) is 5.69 Å². The molecule has 2 N–H and O–H groups in total. The zero-order valence-electron chi connectivity index (χ0n) is 15.2. The van der Waals surface area contributed by atoms with Crippen molar-refractivity contribution < 1.29 is 14.3 Å². The summed E-state index contributed by atoms with van der Waals surface area (Å²) in [6.45, 7) is 5.26. The Balaban J connectivity index is 1.86. The van der Waals surface area contributed by atoms with Crippen LogP contribution in [0.1, 0.15) is 35.7 Å². The van der Waals surface area contributed by atoms with E-state index in [9.17, 15) is 4.79 Å². The molecule has 0 spiro atoms. The van der Waals surface area contributed by atoms with Crippen LogP contribution in [0.25, 0.3) is 0 Å². The highest BCUT2D eigenvalue weighted by molar-refractivity contribution is 7.80. The molecule has 0 aromatic heterocycles. The van der Waals surface area contributed by atoms with E-state index in [1.165, 1.54) is 5.56 Å². The number of benzene rings is 2. The molecule has 2 aromatic rings. The number of carbonyl (C=O) groups excluding carboxylic acids is 1. The zero-order valence-corrected chi connectivity index (χ0v) is 16.1. The summed E-state index contributed by atoms with van der Waals surface area (Å²) in [5.41, 5.74) is 2.53. The Kier molecular flexibility index (Phi) is 7.56. The van der Waals surface area contributed by atoms with E-state index >= 15 is 0 Å². The molecule has 0 atom stereocenters. The molecule has 0 saturated heterocycles. The highest BCUT2D eigenvalue weighted by Crippen LogP contribution is 2.16. The molecule has 0 heterocycles. The summed E-state index contributed by atoms with van der Waals surface area (Å²) in [7, 11) is 1.63. The number of ether oxygens (including phenoxy) is 2. The molecule has 1 amide bonds. The summed E-state index contributed by atoms with van der Waals surface area (Å²) in [5, 5.41) is 5.92. The van der Waals surface area contributed by atoms with Gasteiger partial charge in [-0.15, -0.1) is 0 Å². The van der Waals surface area contributed by atoms with Crippen molar-refractivity contribution in [3.63, 3.8) is 0 Å². The normalized spacial score (nSPS) is 10.5. The highest BCUT2D eigenvalue weighted by Gasteiger charge is 2.09. The van der Waals surface area contributed by atoms with Gasteiger partial charge >= 0.3 is 0 Å². The minimum Gasteiger partial charge on any atom is -0.491 e. The van der Waals surface area contributed by atoms with Gasteiger partial charge in [-0.2, -0.15) is 0 Å². The fraction of sp³-hybridized carbons (Fsp3) is 0.300. The zero-order chi connectivity index (χ0) is 18.9. The van der Waals surface area contributed by atoms with Crippen molar-refractivity contribution in [1.82, 2.24) is 5.32 Å². The Morgan fingerprint density at radius 1 is 1.04 bits per heavy atom. The smallest absolute Gasteiger partial charge is 0.257 e. The number of rotatable bonds is 7. The Labute approximate surface area is 159 Å². The lowest BCUT2D eigenvalue weighted by Gasteiger charge is -2.11. The molecule has 0 fully saturated rings. The van der Waals surface area contributed by atoms with Gasteiger partial charge in [-0.3, -0.25) is 10.1 Å². The number of amides is 1. The molecule has 0 aliphatic rings. The molecule has 2 rings (SSSR count). The van der Waals surface area contributed by atoms with Gasteiger partial charge in [0.2, 0.25) is 0 Å². The largest absolute Gasteiger partial charge is 0.491 e. The van der Waals surface area contributed by atoms with Crippen molar-refractivity contribution in [2.45, 2.75) is 19.8 Å². The molecule has 0 aliphatic carbocycles. The van der Waals surface area contributed by atoms with Crippen LogP contribution >= 0.6 is 12.2 Å². The standard InChI is InChI=1S/C20H24N2O3S/c1-14(2)15-4-6-16(7-5-15)19(23)22-20(26)21-17-8-10-18(11-9-17)25-13-12-24-3/h4-11,14H,12-13H2,1-3H3,(H2,21,22,23,26). The molecular formula is C20H24N2O3S. The van der Waals surface area contributed by atoms with Gasteiger partial charge in [0, 0.05) is 18.4 Å². The third-order valence-electron chi connectivity index (χ3n) is 3.73. The lowest BCUT2D eigenvalue weighted by Crippen LogP contribution is -2.34. The van der Waals surface area contributed by atoms with Gasteiger partial charge in [0.1, 0.15) is 12.4 Å². The second kappa shape index (κ2) is 9.89. The lowest BCUT2D eigenvalue weighted by atomic mass is 10.0. The van der Waals surface area contributed by atoms with Crippen LogP contribution < -0.4 is 15.4 Å². The average Bonchev–Trinajstić information content (AvgIpc) is 2.63. The lowest BCUT2D eigenvalue weighted by molar-refractivity contribution is 0.0977. The van der Waals surface area contributed by atoms with Crippen LogP contribution in [0, 0.1) is 0 Å². The summed E-state index contributed by atoms with van der Waals surface area (Å²) in [6, 6.07) is 14.8. The first kappa shape index (κ1) is 19.9. The number of nitrogens with one attached hydrogen (secondary N) is 2. The van der Waals surface area contributed by atoms with Crippen LogP contribution in [0.2, 0.25) is 0 Å². The molecule has 2 aromatic carbocycles. The second-order valence-corrected chi connectivity index (χ2v) is 6.46. The van der Waals surface area contributed by atoms with Gasteiger partial charge in [-0.25, -0.2) is 0 Å².